The molecule has 1 aliphatic heterocycles. The molecule has 2 aromatic carbocycles. The highest BCUT2D eigenvalue weighted by molar-refractivity contribution is 7.80. The topological polar surface area (TPSA) is 81.0 Å². The van der Waals surface area contributed by atoms with Gasteiger partial charge in [0.2, 0.25) is 0 Å². The van der Waals surface area contributed by atoms with E-state index in [9.17, 15) is 22.8 Å². The van der Waals surface area contributed by atoms with Crippen molar-refractivity contribution in [3.8, 4) is 22.8 Å². The van der Waals surface area contributed by atoms with Gasteiger partial charge in [0, 0.05) is 11.6 Å². The highest BCUT2D eigenvalue weighted by atomic mass is 32.1. The number of carbonyl (C=O) groups excluding carboxylic acids is 2. The number of alkyl halides is 3. The fourth-order valence-corrected chi connectivity index (χ4v) is 3.70. The standard InChI is InChI=1S/C24H17F3N2O5S/c1-32-15-6-8-18(20(12-15)33-2)29-22(31)17(21(30)28-23(29)35)11-16-7-9-19(34-16)13-4-3-5-14(10-13)24(25,26)27/h3-12H,1-2H3,(H,28,30,35)/b17-11+. The van der Waals surface area contributed by atoms with Crippen LogP contribution in [0.25, 0.3) is 17.4 Å². The Bertz CT molecular complexity index is 1360. The van der Waals surface area contributed by atoms with Gasteiger partial charge in [-0.1, -0.05) is 12.1 Å². The SMILES string of the molecule is COc1ccc(N2C(=O)/C(=C/c3ccc(-c4cccc(C(F)(F)F)c4)o3)C(=O)NC2=S)c(OC)c1. The van der Waals surface area contributed by atoms with Crippen molar-refractivity contribution in [2.24, 2.45) is 0 Å². The second-order valence-electron chi connectivity index (χ2n) is 7.28. The smallest absolute Gasteiger partial charge is 0.416 e. The minimum absolute atomic E-state index is 0.0883. The van der Waals surface area contributed by atoms with Crippen LogP contribution in [0.15, 0.2) is 64.6 Å². The molecule has 1 fully saturated rings. The van der Waals surface area contributed by atoms with E-state index < -0.39 is 23.6 Å². The van der Waals surface area contributed by atoms with Gasteiger partial charge < -0.3 is 13.9 Å². The number of anilines is 1. The number of benzene rings is 2. The number of nitrogens with zero attached hydrogens (tertiary/aromatic N) is 1. The van der Waals surface area contributed by atoms with Crippen LogP contribution >= 0.6 is 12.2 Å². The first-order valence-electron chi connectivity index (χ1n) is 10.0. The number of ether oxygens (including phenoxy) is 2. The molecule has 0 aliphatic carbocycles. The fourth-order valence-electron chi connectivity index (χ4n) is 3.42. The number of nitrogens with one attached hydrogen (secondary N) is 1. The van der Waals surface area contributed by atoms with Crippen LogP contribution in [0, 0.1) is 0 Å². The minimum atomic E-state index is -4.51. The maximum atomic E-state index is 13.3. The van der Waals surface area contributed by atoms with Gasteiger partial charge in [-0.05, 0) is 54.7 Å². The molecular formula is C24H17F3N2O5S. The third-order valence-electron chi connectivity index (χ3n) is 5.12. The Balaban J connectivity index is 1.68. The molecule has 0 atom stereocenters. The average molecular weight is 502 g/mol. The van der Waals surface area contributed by atoms with Crippen molar-refractivity contribution in [2.45, 2.75) is 6.18 Å². The van der Waals surface area contributed by atoms with Gasteiger partial charge in [0.1, 0.15) is 28.6 Å². The van der Waals surface area contributed by atoms with Crippen LogP contribution in [-0.4, -0.2) is 31.1 Å². The number of furan rings is 1. The Kier molecular flexibility index (Phi) is 6.35. The maximum Gasteiger partial charge on any atom is 0.416 e. The summed E-state index contributed by atoms with van der Waals surface area (Å²) in [5, 5.41) is 2.30. The third kappa shape index (κ3) is 4.76. The van der Waals surface area contributed by atoms with Crippen molar-refractivity contribution >= 4 is 40.9 Å². The van der Waals surface area contributed by atoms with E-state index in [1.54, 1.807) is 18.2 Å². The predicted molar refractivity (Wildman–Crippen MR) is 125 cm³/mol. The lowest BCUT2D eigenvalue weighted by atomic mass is 10.1. The van der Waals surface area contributed by atoms with E-state index in [2.05, 4.69) is 5.32 Å². The van der Waals surface area contributed by atoms with Gasteiger partial charge in [-0.15, -0.1) is 0 Å². The number of amides is 2. The van der Waals surface area contributed by atoms with Crippen molar-refractivity contribution in [3.05, 3.63) is 71.5 Å². The lowest BCUT2D eigenvalue weighted by Crippen LogP contribution is -2.54. The zero-order chi connectivity index (χ0) is 25.3. The zero-order valence-corrected chi connectivity index (χ0v) is 19.1. The number of hydrogen-bond donors (Lipinski definition) is 1. The van der Waals surface area contributed by atoms with Gasteiger partial charge in [-0.3, -0.25) is 14.9 Å². The molecule has 1 N–H and O–H groups in total. The monoisotopic (exact) mass is 502 g/mol. The van der Waals surface area contributed by atoms with Crippen molar-refractivity contribution < 1.29 is 36.7 Å². The number of carbonyl (C=O) groups is 2. The molecule has 0 radical (unpaired) electrons. The number of methoxy groups -OCH3 is 2. The largest absolute Gasteiger partial charge is 0.497 e. The first-order valence-corrected chi connectivity index (χ1v) is 10.4. The van der Waals surface area contributed by atoms with E-state index in [1.807, 2.05) is 0 Å². The van der Waals surface area contributed by atoms with Crippen LogP contribution in [0.5, 0.6) is 11.5 Å². The Labute approximate surface area is 202 Å². The number of hydrogen-bond acceptors (Lipinski definition) is 6. The highest BCUT2D eigenvalue weighted by Gasteiger charge is 2.36. The molecule has 11 heteroatoms. The van der Waals surface area contributed by atoms with Gasteiger partial charge in [-0.25, -0.2) is 4.90 Å². The summed E-state index contributed by atoms with van der Waals surface area (Å²) in [6.07, 6.45) is -3.32. The average Bonchev–Trinajstić information content (AvgIpc) is 3.30. The van der Waals surface area contributed by atoms with Crippen molar-refractivity contribution in [1.82, 2.24) is 5.32 Å². The number of thiocarbonyl (C=S) groups is 1. The molecule has 1 saturated heterocycles. The molecule has 2 amide bonds. The van der Waals surface area contributed by atoms with E-state index in [0.717, 1.165) is 17.0 Å². The first kappa shape index (κ1) is 24.0. The summed E-state index contributed by atoms with van der Waals surface area (Å²) >= 11 is 5.20. The lowest BCUT2D eigenvalue weighted by Gasteiger charge is -2.29. The molecule has 4 rings (SSSR count). The molecule has 180 valence electrons. The Hall–Kier alpha value is -4.12. The molecule has 35 heavy (non-hydrogen) atoms. The van der Waals surface area contributed by atoms with E-state index in [1.165, 1.54) is 44.6 Å². The Morgan fingerprint density at radius 3 is 2.49 bits per heavy atom. The van der Waals surface area contributed by atoms with Crippen molar-refractivity contribution in [3.63, 3.8) is 0 Å². The van der Waals surface area contributed by atoms with Crippen LogP contribution < -0.4 is 19.7 Å². The normalized spacial score (nSPS) is 15.4. The van der Waals surface area contributed by atoms with Gasteiger partial charge in [-0.2, -0.15) is 13.2 Å². The van der Waals surface area contributed by atoms with Crippen LogP contribution in [-0.2, 0) is 15.8 Å². The maximum absolute atomic E-state index is 13.3. The van der Waals surface area contributed by atoms with Crippen LogP contribution in [0.2, 0.25) is 0 Å². The summed E-state index contributed by atoms with van der Waals surface area (Å²) in [5.74, 6) is -0.500. The Morgan fingerprint density at radius 2 is 1.80 bits per heavy atom. The molecule has 2 heterocycles. The highest BCUT2D eigenvalue weighted by Crippen LogP contribution is 2.35. The van der Waals surface area contributed by atoms with Crippen molar-refractivity contribution in [2.75, 3.05) is 19.1 Å². The van der Waals surface area contributed by atoms with Gasteiger partial charge >= 0.3 is 6.18 Å². The molecule has 0 saturated carbocycles. The fraction of sp³-hybridized carbons (Fsp3) is 0.125. The van der Waals surface area contributed by atoms with Crippen LogP contribution in [0.3, 0.4) is 0 Å². The predicted octanol–water partition coefficient (Wildman–Crippen LogP) is 4.81. The summed E-state index contributed by atoms with van der Waals surface area (Å²) in [6.45, 7) is 0. The third-order valence-corrected chi connectivity index (χ3v) is 5.40. The van der Waals surface area contributed by atoms with Crippen LogP contribution in [0.1, 0.15) is 11.3 Å². The molecule has 3 aromatic rings. The minimum Gasteiger partial charge on any atom is -0.497 e. The van der Waals surface area contributed by atoms with Crippen molar-refractivity contribution in [1.29, 1.82) is 0 Å². The first-order chi connectivity index (χ1) is 16.6. The second-order valence-corrected chi connectivity index (χ2v) is 7.66. The number of halogens is 3. The lowest BCUT2D eigenvalue weighted by molar-refractivity contribution is -0.137. The molecular weight excluding hydrogens is 485 g/mol. The number of rotatable bonds is 5. The quantitative estimate of drug-likeness (QED) is 0.306. The van der Waals surface area contributed by atoms with Gasteiger partial charge in [0.05, 0.1) is 25.5 Å². The molecule has 7 nitrogen and oxygen atoms in total. The summed E-state index contributed by atoms with van der Waals surface area (Å²) < 4.78 is 55.2. The molecule has 0 spiro atoms. The second kappa shape index (κ2) is 9.26. The van der Waals surface area contributed by atoms with Gasteiger partial charge in [0.25, 0.3) is 11.8 Å². The van der Waals surface area contributed by atoms with E-state index >= 15 is 0 Å². The summed E-state index contributed by atoms with van der Waals surface area (Å²) in [6, 6.07) is 12.2. The molecule has 0 unspecified atom stereocenters. The summed E-state index contributed by atoms with van der Waals surface area (Å²) in [4.78, 5) is 26.9. The van der Waals surface area contributed by atoms with E-state index in [-0.39, 0.29) is 39.2 Å². The summed E-state index contributed by atoms with van der Waals surface area (Å²) in [7, 11) is 2.88. The molecule has 0 bridgehead atoms. The van der Waals surface area contributed by atoms with E-state index in [4.69, 9.17) is 26.1 Å². The Morgan fingerprint density at radius 1 is 1.03 bits per heavy atom. The summed E-state index contributed by atoms with van der Waals surface area (Å²) in [5.41, 5.74) is -0.653. The van der Waals surface area contributed by atoms with Crippen LogP contribution in [0.4, 0.5) is 18.9 Å². The van der Waals surface area contributed by atoms with Gasteiger partial charge in [0.15, 0.2) is 5.11 Å². The van der Waals surface area contributed by atoms with E-state index in [0.29, 0.717) is 5.75 Å². The molecule has 1 aromatic heterocycles. The zero-order valence-electron chi connectivity index (χ0n) is 18.3. The molecule has 1 aliphatic rings.